The van der Waals surface area contributed by atoms with Gasteiger partial charge in [0.2, 0.25) is 0 Å². The van der Waals surface area contributed by atoms with Gasteiger partial charge in [-0.1, -0.05) is 41.5 Å². The van der Waals surface area contributed by atoms with Crippen molar-refractivity contribution in [1.29, 1.82) is 0 Å². The van der Waals surface area contributed by atoms with Gasteiger partial charge in [0.1, 0.15) is 0 Å². The van der Waals surface area contributed by atoms with Gasteiger partial charge in [-0.3, -0.25) is 0 Å². The number of nitrogens with one attached hydrogen (secondary N) is 3. The third-order valence-corrected chi connectivity index (χ3v) is 4.26. The number of unbranched alkanes of at least 4 members (excludes halogenated alkanes) is 1. The largest absolute Gasteiger partial charge is 0.317 e. The third-order valence-electron chi connectivity index (χ3n) is 2.77. The van der Waals surface area contributed by atoms with Gasteiger partial charge >= 0.3 is 0 Å². The van der Waals surface area contributed by atoms with Gasteiger partial charge in [-0.15, -0.1) is 0 Å². The van der Waals surface area contributed by atoms with Crippen molar-refractivity contribution >= 4 is 24.4 Å². The fraction of sp³-hybridized carbons (Fsp3) is 1.00. The summed E-state index contributed by atoms with van der Waals surface area (Å²) in [6.07, 6.45) is 3.74. The molecule has 0 aliphatic carbocycles. The molecule has 0 fully saturated rings. The third kappa shape index (κ3) is 34.0. The van der Waals surface area contributed by atoms with Crippen molar-refractivity contribution in [2.24, 2.45) is 5.92 Å². The SMILES string of the molecule is CC(C)(C)SCCNCCCCNCCCNCCS.CC(C)C. The molecule has 0 unspecified atom stereocenters. The first-order valence-corrected chi connectivity index (χ1v) is 11.3. The molecular weight excluding hydrogens is 334 g/mol. The van der Waals surface area contributed by atoms with Crippen LogP contribution in [0, 0.1) is 5.92 Å². The molecule has 0 amide bonds. The fourth-order valence-corrected chi connectivity index (χ4v) is 2.74. The second-order valence-electron chi connectivity index (χ2n) is 7.73. The zero-order chi connectivity index (χ0) is 18.7. The van der Waals surface area contributed by atoms with Crippen LogP contribution >= 0.6 is 24.4 Å². The molecule has 0 radical (unpaired) electrons. The zero-order valence-electron chi connectivity index (χ0n) is 17.2. The van der Waals surface area contributed by atoms with E-state index < -0.39 is 0 Å². The first kappa shape index (κ1) is 26.8. The lowest BCUT2D eigenvalue weighted by Crippen LogP contribution is -2.25. The van der Waals surface area contributed by atoms with Gasteiger partial charge in [0, 0.05) is 29.3 Å². The first-order chi connectivity index (χ1) is 11.3. The molecule has 0 rings (SSSR count). The topological polar surface area (TPSA) is 36.1 Å². The van der Waals surface area contributed by atoms with Crippen LogP contribution in [0.4, 0.5) is 0 Å². The normalized spacial score (nSPS) is 11.5. The highest BCUT2D eigenvalue weighted by Gasteiger charge is 2.08. The molecule has 0 aliphatic rings. The van der Waals surface area contributed by atoms with Gasteiger partial charge in [-0.25, -0.2) is 0 Å². The fourth-order valence-electron chi connectivity index (χ4n) is 1.72. The van der Waals surface area contributed by atoms with Crippen LogP contribution in [0.1, 0.15) is 60.8 Å². The summed E-state index contributed by atoms with van der Waals surface area (Å²) in [4.78, 5) is 0. The summed E-state index contributed by atoms with van der Waals surface area (Å²) in [5.74, 6) is 2.97. The van der Waals surface area contributed by atoms with E-state index in [-0.39, 0.29) is 0 Å². The van der Waals surface area contributed by atoms with Crippen LogP contribution in [0.15, 0.2) is 0 Å². The molecule has 24 heavy (non-hydrogen) atoms. The van der Waals surface area contributed by atoms with Crippen LogP contribution in [0.3, 0.4) is 0 Å². The Morgan fingerprint density at radius 2 is 1.17 bits per heavy atom. The van der Waals surface area contributed by atoms with E-state index in [0.29, 0.717) is 4.75 Å². The van der Waals surface area contributed by atoms with E-state index in [2.05, 4.69) is 70.1 Å². The summed E-state index contributed by atoms with van der Waals surface area (Å²) in [6.45, 7) is 20.0. The van der Waals surface area contributed by atoms with Crippen molar-refractivity contribution in [3.8, 4) is 0 Å². The van der Waals surface area contributed by atoms with Crippen LogP contribution in [-0.4, -0.2) is 55.5 Å². The van der Waals surface area contributed by atoms with Crippen LogP contribution < -0.4 is 16.0 Å². The molecule has 0 saturated carbocycles. The van der Waals surface area contributed by atoms with Crippen molar-refractivity contribution in [3.05, 3.63) is 0 Å². The summed E-state index contributed by atoms with van der Waals surface area (Å²) < 4.78 is 0.396. The molecule has 0 aromatic rings. The maximum Gasteiger partial charge on any atom is 0.00755 e. The molecule has 0 aromatic heterocycles. The van der Waals surface area contributed by atoms with E-state index in [1.54, 1.807) is 0 Å². The van der Waals surface area contributed by atoms with E-state index in [1.807, 2.05) is 11.8 Å². The minimum atomic E-state index is 0.396. The van der Waals surface area contributed by atoms with Crippen LogP contribution in [-0.2, 0) is 0 Å². The van der Waals surface area contributed by atoms with E-state index >= 15 is 0 Å². The van der Waals surface area contributed by atoms with E-state index in [1.165, 1.54) is 25.0 Å². The van der Waals surface area contributed by atoms with Crippen LogP contribution in [0.2, 0.25) is 0 Å². The minimum Gasteiger partial charge on any atom is -0.317 e. The summed E-state index contributed by atoms with van der Waals surface area (Å²) in [6, 6.07) is 0. The Kier molecular flexibility index (Phi) is 22.2. The Morgan fingerprint density at radius 1 is 0.750 bits per heavy atom. The number of hydrogen-bond acceptors (Lipinski definition) is 5. The Labute approximate surface area is 162 Å². The summed E-state index contributed by atoms with van der Waals surface area (Å²) in [5.41, 5.74) is 0. The average molecular weight is 380 g/mol. The number of hydrogen-bond donors (Lipinski definition) is 4. The predicted molar refractivity (Wildman–Crippen MR) is 119 cm³/mol. The highest BCUT2D eigenvalue weighted by atomic mass is 32.2. The molecule has 0 atom stereocenters. The smallest absolute Gasteiger partial charge is 0.00755 e. The molecule has 5 heteroatoms. The van der Waals surface area contributed by atoms with Gasteiger partial charge in [-0.05, 0) is 51.4 Å². The van der Waals surface area contributed by atoms with Crippen molar-refractivity contribution in [3.63, 3.8) is 0 Å². The summed E-state index contributed by atoms with van der Waals surface area (Å²) >= 11 is 6.19. The number of thioether (sulfide) groups is 1. The predicted octanol–water partition coefficient (Wildman–Crippen LogP) is 4.05. The molecule has 0 heterocycles. The second kappa shape index (κ2) is 19.9. The molecule has 3 N–H and O–H groups in total. The average Bonchev–Trinajstić information content (AvgIpc) is 2.46. The van der Waals surface area contributed by atoms with Crippen molar-refractivity contribution in [2.45, 2.75) is 65.6 Å². The minimum absolute atomic E-state index is 0.396. The standard InChI is InChI=1S/C15H35N3S2.C4H10/c1-15(2,3)20-14-12-18-8-5-4-7-16-9-6-10-17-11-13-19;1-4(2)3/h16-19H,4-14H2,1-3H3;4H,1-3H3. The molecule has 0 saturated heterocycles. The molecule has 3 nitrogen and oxygen atoms in total. The Balaban J connectivity index is 0. The van der Waals surface area contributed by atoms with E-state index in [4.69, 9.17) is 0 Å². The lowest BCUT2D eigenvalue weighted by atomic mass is 10.3. The Bertz CT molecular complexity index is 228. The quantitative estimate of drug-likeness (QED) is 0.271. The van der Waals surface area contributed by atoms with Gasteiger partial charge in [-0.2, -0.15) is 24.4 Å². The summed E-state index contributed by atoms with van der Waals surface area (Å²) in [5, 5.41) is 10.4. The van der Waals surface area contributed by atoms with E-state index in [9.17, 15) is 0 Å². The Hall–Kier alpha value is 0.580. The van der Waals surface area contributed by atoms with Gasteiger partial charge in [0.25, 0.3) is 0 Å². The highest BCUT2D eigenvalue weighted by molar-refractivity contribution is 8.00. The monoisotopic (exact) mass is 379 g/mol. The molecule has 148 valence electrons. The van der Waals surface area contributed by atoms with Crippen molar-refractivity contribution in [1.82, 2.24) is 16.0 Å². The maximum atomic E-state index is 4.16. The molecule has 0 bridgehead atoms. The van der Waals surface area contributed by atoms with E-state index in [0.717, 1.165) is 50.9 Å². The maximum absolute atomic E-state index is 4.16. The van der Waals surface area contributed by atoms with Gasteiger partial charge in [0.15, 0.2) is 0 Å². The van der Waals surface area contributed by atoms with Gasteiger partial charge in [0.05, 0.1) is 0 Å². The summed E-state index contributed by atoms with van der Waals surface area (Å²) in [7, 11) is 0. The van der Waals surface area contributed by atoms with Crippen LogP contribution in [0.5, 0.6) is 0 Å². The molecule has 0 aliphatic heterocycles. The molecule has 0 spiro atoms. The number of rotatable bonds is 14. The Morgan fingerprint density at radius 3 is 1.62 bits per heavy atom. The highest BCUT2D eigenvalue weighted by Crippen LogP contribution is 2.21. The van der Waals surface area contributed by atoms with Crippen LogP contribution in [0.25, 0.3) is 0 Å². The van der Waals surface area contributed by atoms with Crippen molar-refractivity contribution in [2.75, 3.05) is 50.8 Å². The first-order valence-electron chi connectivity index (χ1n) is 9.66. The number of thiol groups is 1. The zero-order valence-corrected chi connectivity index (χ0v) is 18.9. The van der Waals surface area contributed by atoms with Gasteiger partial charge < -0.3 is 16.0 Å². The molecule has 0 aromatic carbocycles. The lowest BCUT2D eigenvalue weighted by Gasteiger charge is -2.17. The lowest BCUT2D eigenvalue weighted by molar-refractivity contribution is 0.568. The second-order valence-corrected chi connectivity index (χ2v) is 10.1. The molecular formula is C19H45N3S2. The van der Waals surface area contributed by atoms with Crippen molar-refractivity contribution < 1.29 is 0 Å².